The van der Waals surface area contributed by atoms with Crippen LogP contribution < -0.4 is 0 Å². The van der Waals surface area contributed by atoms with Gasteiger partial charge in [-0.3, -0.25) is 14.4 Å². The lowest BCUT2D eigenvalue weighted by molar-refractivity contribution is -0.120. The molecule has 0 spiro atoms. The van der Waals surface area contributed by atoms with Gasteiger partial charge in [0.2, 0.25) is 0 Å². The summed E-state index contributed by atoms with van der Waals surface area (Å²) in [6.07, 6.45) is 8.91. The molecule has 116 valence electrons. The molecule has 1 saturated heterocycles. The number of ketones is 1. The highest BCUT2D eigenvalue weighted by atomic mass is 16.5. The second kappa shape index (κ2) is 7.18. The van der Waals surface area contributed by atoms with Gasteiger partial charge in [-0.2, -0.15) is 5.10 Å². The predicted molar refractivity (Wildman–Crippen MR) is 80.3 cm³/mol. The third-order valence-corrected chi connectivity index (χ3v) is 4.49. The van der Waals surface area contributed by atoms with Gasteiger partial charge in [0.05, 0.1) is 37.9 Å². The average molecular weight is 291 g/mol. The number of hydrogen-bond acceptors (Lipinski definition) is 4. The lowest BCUT2D eigenvalue weighted by Gasteiger charge is -2.25. The smallest absolute Gasteiger partial charge is 0.152 e. The van der Waals surface area contributed by atoms with Crippen molar-refractivity contribution >= 4 is 5.78 Å². The topological polar surface area (TPSA) is 47.4 Å². The molecule has 0 bridgehead atoms. The van der Waals surface area contributed by atoms with Crippen molar-refractivity contribution in [3.05, 3.63) is 18.0 Å². The first kappa shape index (κ1) is 14.7. The molecule has 1 aliphatic heterocycles. The van der Waals surface area contributed by atoms with Gasteiger partial charge in [0, 0.05) is 19.3 Å². The molecule has 2 fully saturated rings. The number of carbonyl (C=O) groups excluding carboxylic acids is 1. The number of carbonyl (C=O) groups is 1. The molecular weight excluding hydrogens is 266 g/mol. The second-order valence-corrected chi connectivity index (χ2v) is 6.18. The minimum absolute atomic E-state index is 0.255. The van der Waals surface area contributed by atoms with E-state index in [2.05, 4.69) is 14.7 Å². The Kier molecular flexibility index (Phi) is 5.04. The maximum Gasteiger partial charge on any atom is 0.152 e. The van der Waals surface area contributed by atoms with Crippen LogP contribution >= 0.6 is 0 Å². The van der Waals surface area contributed by atoms with Crippen LogP contribution in [0.2, 0.25) is 0 Å². The van der Waals surface area contributed by atoms with Crippen molar-refractivity contribution < 1.29 is 9.53 Å². The summed E-state index contributed by atoms with van der Waals surface area (Å²) in [5.41, 5.74) is 0.916. The van der Waals surface area contributed by atoms with Gasteiger partial charge in [0.15, 0.2) is 5.78 Å². The molecule has 0 aromatic carbocycles. The lowest BCUT2D eigenvalue weighted by Crippen LogP contribution is -2.39. The van der Waals surface area contributed by atoms with Crippen molar-refractivity contribution in [1.29, 1.82) is 0 Å². The van der Waals surface area contributed by atoms with Gasteiger partial charge in [0.1, 0.15) is 0 Å². The molecule has 3 rings (SSSR count). The molecule has 5 nitrogen and oxygen atoms in total. The molecule has 1 saturated carbocycles. The molecule has 0 amide bonds. The summed E-state index contributed by atoms with van der Waals surface area (Å²) in [6, 6.07) is 2.55. The fourth-order valence-corrected chi connectivity index (χ4v) is 3.29. The zero-order valence-electron chi connectivity index (χ0n) is 12.7. The Labute approximate surface area is 126 Å². The highest BCUT2D eigenvalue weighted by Gasteiger charge is 2.18. The molecule has 0 atom stereocenters. The van der Waals surface area contributed by atoms with Gasteiger partial charge in [0.25, 0.3) is 0 Å². The Bertz CT molecular complexity index is 460. The van der Waals surface area contributed by atoms with E-state index in [1.165, 1.54) is 32.1 Å². The van der Waals surface area contributed by atoms with Gasteiger partial charge in [-0.05, 0) is 18.9 Å². The Morgan fingerprint density at radius 2 is 2.00 bits per heavy atom. The molecule has 1 aliphatic carbocycles. The van der Waals surface area contributed by atoms with Crippen LogP contribution in [0.4, 0.5) is 0 Å². The first-order chi connectivity index (χ1) is 10.3. The standard InChI is InChI=1S/C16H25N3O2/c20-16(13-18-8-10-21-11-9-18)12-14-6-7-19(17-14)15-4-2-1-3-5-15/h6-7,15H,1-5,8-13H2. The number of morpholine rings is 1. The van der Waals surface area contributed by atoms with Crippen molar-refractivity contribution in [3.8, 4) is 0 Å². The normalized spacial score (nSPS) is 21.5. The van der Waals surface area contributed by atoms with E-state index in [4.69, 9.17) is 4.74 Å². The third kappa shape index (κ3) is 4.14. The van der Waals surface area contributed by atoms with Gasteiger partial charge in [-0.25, -0.2) is 0 Å². The molecule has 0 N–H and O–H groups in total. The zero-order valence-corrected chi connectivity index (χ0v) is 12.7. The van der Waals surface area contributed by atoms with E-state index >= 15 is 0 Å². The number of rotatable bonds is 5. The minimum atomic E-state index is 0.255. The molecule has 5 heteroatoms. The number of Topliss-reactive ketones (excluding diaryl/α,β-unsaturated/α-hetero) is 1. The van der Waals surface area contributed by atoms with Crippen molar-refractivity contribution in [2.45, 2.75) is 44.6 Å². The molecule has 0 radical (unpaired) electrons. The minimum Gasteiger partial charge on any atom is -0.379 e. The Balaban J connectivity index is 1.50. The van der Waals surface area contributed by atoms with Crippen LogP contribution in [0.3, 0.4) is 0 Å². The zero-order chi connectivity index (χ0) is 14.5. The van der Waals surface area contributed by atoms with Crippen molar-refractivity contribution in [2.24, 2.45) is 0 Å². The maximum absolute atomic E-state index is 12.1. The third-order valence-electron chi connectivity index (χ3n) is 4.49. The number of ether oxygens (including phenoxy) is 1. The number of nitrogens with zero attached hydrogens (tertiary/aromatic N) is 3. The molecule has 2 aliphatic rings. The van der Waals surface area contributed by atoms with Crippen LogP contribution in [0.5, 0.6) is 0 Å². The van der Waals surface area contributed by atoms with Crippen LogP contribution in [0.15, 0.2) is 12.3 Å². The summed E-state index contributed by atoms with van der Waals surface area (Å²) >= 11 is 0. The molecule has 2 heterocycles. The Hall–Kier alpha value is -1.20. The average Bonchev–Trinajstić information content (AvgIpc) is 2.97. The van der Waals surface area contributed by atoms with Crippen molar-refractivity contribution in [3.63, 3.8) is 0 Å². The van der Waals surface area contributed by atoms with Gasteiger partial charge < -0.3 is 4.74 Å². The second-order valence-electron chi connectivity index (χ2n) is 6.18. The molecule has 0 unspecified atom stereocenters. The Morgan fingerprint density at radius 1 is 1.24 bits per heavy atom. The van der Waals surface area contributed by atoms with E-state index in [1.54, 1.807) is 0 Å². The summed E-state index contributed by atoms with van der Waals surface area (Å²) in [6.45, 7) is 3.73. The van der Waals surface area contributed by atoms with Gasteiger partial charge in [-0.15, -0.1) is 0 Å². The number of aromatic nitrogens is 2. The number of hydrogen-bond donors (Lipinski definition) is 0. The maximum atomic E-state index is 12.1. The summed E-state index contributed by atoms with van der Waals surface area (Å²) < 4.78 is 7.38. The lowest BCUT2D eigenvalue weighted by atomic mass is 9.96. The van der Waals surface area contributed by atoms with Crippen LogP contribution in [0, 0.1) is 0 Å². The van der Waals surface area contributed by atoms with Crippen molar-refractivity contribution in [2.75, 3.05) is 32.8 Å². The summed E-state index contributed by atoms with van der Waals surface area (Å²) in [5, 5.41) is 4.62. The fourth-order valence-electron chi connectivity index (χ4n) is 3.29. The van der Waals surface area contributed by atoms with Crippen molar-refractivity contribution in [1.82, 2.24) is 14.7 Å². The first-order valence-corrected chi connectivity index (χ1v) is 8.17. The Morgan fingerprint density at radius 3 is 2.76 bits per heavy atom. The summed E-state index contributed by atoms with van der Waals surface area (Å²) in [7, 11) is 0. The summed E-state index contributed by atoms with van der Waals surface area (Å²) in [4.78, 5) is 14.3. The highest BCUT2D eigenvalue weighted by Crippen LogP contribution is 2.27. The molecular formula is C16H25N3O2. The van der Waals surface area contributed by atoms with E-state index < -0.39 is 0 Å². The van der Waals surface area contributed by atoms with Gasteiger partial charge >= 0.3 is 0 Å². The van der Waals surface area contributed by atoms with E-state index in [-0.39, 0.29) is 5.78 Å². The van der Waals surface area contributed by atoms with Crippen LogP contribution in [0.1, 0.15) is 43.8 Å². The quantitative estimate of drug-likeness (QED) is 0.830. The van der Waals surface area contributed by atoms with Gasteiger partial charge in [-0.1, -0.05) is 19.3 Å². The monoisotopic (exact) mass is 291 g/mol. The SMILES string of the molecule is O=C(Cc1ccn(C2CCCCC2)n1)CN1CCOCC1. The summed E-state index contributed by atoms with van der Waals surface area (Å²) in [5.74, 6) is 0.255. The van der Waals surface area contributed by atoms with Crippen LogP contribution in [0.25, 0.3) is 0 Å². The fraction of sp³-hybridized carbons (Fsp3) is 0.750. The van der Waals surface area contributed by atoms with E-state index in [1.807, 2.05) is 12.3 Å². The van der Waals surface area contributed by atoms with Crippen LogP contribution in [-0.2, 0) is 16.0 Å². The van der Waals surface area contributed by atoms with E-state index in [0.717, 1.165) is 32.0 Å². The largest absolute Gasteiger partial charge is 0.379 e. The molecule has 1 aromatic rings. The predicted octanol–water partition coefficient (Wildman–Crippen LogP) is 1.83. The van der Waals surface area contributed by atoms with E-state index in [9.17, 15) is 4.79 Å². The van der Waals surface area contributed by atoms with E-state index in [0.29, 0.717) is 19.0 Å². The highest BCUT2D eigenvalue weighted by molar-refractivity contribution is 5.82. The first-order valence-electron chi connectivity index (χ1n) is 8.17. The molecule has 21 heavy (non-hydrogen) atoms. The molecule has 1 aromatic heterocycles. The van der Waals surface area contributed by atoms with Crippen LogP contribution in [-0.4, -0.2) is 53.3 Å².